The van der Waals surface area contributed by atoms with E-state index >= 15 is 0 Å². The topological polar surface area (TPSA) is 87.7 Å². The van der Waals surface area contributed by atoms with Crippen LogP contribution in [0.25, 0.3) is 0 Å². The summed E-state index contributed by atoms with van der Waals surface area (Å²) in [6, 6.07) is 0. The predicted octanol–water partition coefficient (Wildman–Crippen LogP) is 8.20. The van der Waals surface area contributed by atoms with Gasteiger partial charge in [-0.05, 0) is 64.6 Å². The van der Waals surface area contributed by atoms with Gasteiger partial charge in [-0.3, -0.25) is 14.4 Å². The predicted molar refractivity (Wildman–Crippen MR) is 180 cm³/mol. The summed E-state index contributed by atoms with van der Waals surface area (Å²) in [5, 5.41) is 5.91. The van der Waals surface area contributed by atoms with Crippen molar-refractivity contribution < 1.29 is 9.53 Å². The molecule has 0 bridgehead atoms. The average molecular weight is 592 g/mol. The summed E-state index contributed by atoms with van der Waals surface area (Å²) < 4.78 is 5.98. The molecule has 1 rings (SSSR count). The van der Waals surface area contributed by atoms with Crippen LogP contribution in [0.4, 0.5) is 11.4 Å². The number of unbranched alkanes of at least 4 members (excludes halogenated alkanes) is 14. The molecule has 0 saturated carbocycles. The van der Waals surface area contributed by atoms with Crippen LogP contribution in [0.1, 0.15) is 156 Å². The van der Waals surface area contributed by atoms with Crippen LogP contribution in [0.2, 0.25) is 0 Å². The lowest BCUT2D eigenvalue weighted by molar-refractivity contribution is -0.150. The lowest BCUT2D eigenvalue weighted by Gasteiger charge is -2.21. The van der Waals surface area contributed by atoms with Crippen LogP contribution >= 0.6 is 0 Å². The fraction of sp³-hybridized carbons (Fsp3) is 0.857. The highest BCUT2D eigenvalue weighted by Crippen LogP contribution is 2.18. The Hall–Kier alpha value is -1.89. The molecule has 0 aliphatic carbocycles. The Bertz CT molecular complexity index is 849. The van der Waals surface area contributed by atoms with Gasteiger partial charge in [0.2, 0.25) is 0 Å². The average Bonchev–Trinajstić information content (AvgIpc) is 2.99. The Morgan fingerprint density at radius 1 is 0.667 bits per heavy atom. The minimum absolute atomic E-state index is 0.00769. The Morgan fingerprint density at radius 3 is 1.74 bits per heavy atom. The van der Waals surface area contributed by atoms with Crippen LogP contribution in [-0.2, 0) is 9.53 Å². The van der Waals surface area contributed by atoms with E-state index in [-0.39, 0.29) is 12.1 Å². The van der Waals surface area contributed by atoms with Gasteiger partial charge in [-0.15, -0.1) is 0 Å². The molecule has 1 aromatic rings. The van der Waals surface area contributed by atoms with Crippen molar-refractivity contribution in [2.75, 3.05) is 43.9 Å². The number of hydrogen-bond acceptors (Lipinski definition) is 7. The van der Waals surface area contributed by atoms with Gasteiger partial charge < -0.3 is 20.3 Å². The Kier molecular flexibility index (Phi) is 23.2. The number of esters is 1. The van der Waals surface area contributed by atoms with Crippen molar-refractivity contribution in [3.8, 4) is 0 Å². The lowest BCUT2D eigenvalue weighted by atomic mass is 10.0. The highest BCUT2D eigenvalue weighted by atomic mass is 16.5. The van der Waals surface area contributed by atoms with Crippen LogP contribution in [-0.4, -0.2) is 50.2 Å². The van der Waals surface area contributed by atoms with Crippen molar-refractivity contribution in [2.45, 2.75) is 162 Å². The summed E-state index contributed by atoms with van der Waals surface area (Å²) in [5.41, 5.74) is -0.00769. The number of anilines is 2. The van der Waals surface area contributed by atoms with Gasteiger partial charge in [0.15, 0.2) is 0 Å². The van der Waals surface area contributed by atoms with E-state index in [1.165, 1.54) is 83.5 Å². The van der Waals surface area contributed by atoms with Crippen LogP contribution in [0, 0.1) is 0 Å². The molecule has 0 atom stereocenters. The van der Waals surface area contributed by atoms with Crippen molar-refractivity contribution in [3.05, 3.63) is 20.4 Å². The first-order chi connectivity index (χ1) is 20.5. The first-order valence-electron chi connectivity index (χ1n) is 17.6. The van der Waals surface area contributed by atoms with Gasteiger partial charge >= 0.3 is 5.97 Å². The van der Waals surface area contributed by atoms with E-state index in [2.05, 4.69) is 36.3 Å². The molecule has 0 saturated heterocycles. The molecule has 0 amide bonds. The molecule has 0 unspecified atom stereocenters. The second kappa shape index (κ2) is 25.6. The standard InChI is InChI=1S/C35H65N3O4/c1-5-8-10-12-15-19-24-30(25-20-16-13-11-9-6-2)42-31(39)26-21-17-14-18-22-28-38(7-3)29-23-27-37-33-32(36-4)34(40)35(33)41/h30,36-37H,5-29H2,1-4H3. The van der Waals surface area contributed by atoms with Crippen molar-refractivity contribution in [1.82, 2.24) is 4.90 Å². The summed E-state index contributed by atoms with van der Waals surface area (Å²) in [6.45, 7) is 10.4. The zero-order valence-corrected chi connectivity index (χ0v) is 27.8. The van der Waals surface area contributed by atoms with E-state index in [9.17, 15) is 14.4 Å². The van der Waals surface area contributed by atoms with Crippen LogP contribution < -0.4 is 21.5 Å². The highest BCUT2D eigenvalue weighted by molar-refractivity contribution is 5.73. The molecule has 42 heavy (non-hydrogen) atoms. The summed E-state index contributed by atoms with van der Waals surface area (Å²) in [4.78, 5) is 38.2. The van der Waals surface area contributed by atoms with E-state index in [1.54, 1.807) is 7.05 Å². The van der Waals surface area contributed by atoms with Crippen LogP contribution in [0.3, 0.4) is 0 Å². The van der Waals surface area contributed by atoms with Crippen molar-refractivity contribution >= 4 is 17.3 Å². The molecule has 0 spiro atoms. The molecule has 244 valence electrons. The van der Waals surface area contributed by atoms with Crippen LogP contribution in [0.15, 0.2) is 9.59 Å². The Morgan fingerprint density at radius 2 is 1.17 bits per heavy atom. The number of nitrogens with zero attached hydrogens (tertiary/aromatic N) is 1. The van der Waals surface area contributed by atoms with Gasteiger partial charge in [-0.2, -0.15) is 0 Å². The second-order valence-electron chi connectivity index (χ2n) is 12.1. The van der Waals surface area contributed by atoms with E-state index in [1.807, 2.05) is 0 Å². The third kappa shape index (κ3) is 17.3. The molecule has 7 heteroatoms. The smallest absolute Gasteiger partial charge is 0.306 e. The summed E-state index contributed by atoms with van der Waals surface area (Å²) >= 11 is 0. The number of rotatable bonds is 30. The minimum Gasteiger partial charge on any atom is -0.462 e. The van der Waals surface area contributed by atoms with Gasteiger partial charge in [-0.1, -0.05) is 104 Å². The summed E-state index contributed by atoms with van der Waals surface area (Å²) in [6.07, 6.45) is 24.5. The maximum absolute atomic E-state index is 12.6. The Labute approximate surface area is 257 Å². The fourth-order valence-corrected chi connectivity index (χ4v) is 5.69. The number of carbonyl (C=O) groups is 1. The molecule has 0 fully saturated rings. The molecule has 2 N–H and O–H groups in total. The first-order valence-corrected chi connectivity index (χ1v) is 17.6. The molecular formula is C35H65N3O4. The zero-order chi connectivity index (χ0) is 30.8. The Balaban J connectivity index is 2.17. The number of ether oxygens (including phenoxy) is 1. The van der Waals surface area contributed by atoms with E-state index < -0.39 is 10.9 Å². The molecule has 0 heterocycles. The third-order valence-corrected chi connectivity index (χ3v) is 8.47. The second-order valence-corrected chi connectivity index (χ2v) is 12.1. The lowest BCUT2D eigenvalue weighted by Crippen LogP contribution is -2.37. The van der Waals surface area contributed by atoms with Gasteiger partial charge in [0.05, 0.1) is 0 Å². The fourth-order valence-electron chi connectivity index (χ4n) is 5.69. The molecule has 0 aliphatic rings. The minimum atomic E-state index is -0.428. The quantitative estimate of drug-likeness (QED) is 0.0529. The van der Waals surface area contributed by atoms with Crippen LogP contribution in [0.5, 0.6) is 0 Å². The van der Waals surface area contributed by atoms with Crippen molar-refractivity contribution in [2.24, 2.45) is 0 Å². The third-order valence-electron chi connectivity index (χ3n) is 8.47. The highest BCUT2D eigenvalue weighted by Gasteiger charge is 2.19. The summed E-state index contributed by atoms with van der Waals surface area (Å²) in [5.74, 6) is 0.00769. The van der Waals surface area contributed by atoms with Gasteiger partial charge in [-0.25, -0.2) is 0 Å². The normalized spacial score (nSPS) is 11.6. The van der Waals surface area contributed by atoms with Crippen molar-refractivity contribution in [1.29, 1.82) is 0 Å². The largest absolute Gasteiger partial charge is 0.462 e. The molecular weight excluding hydrogens is 526 g/mol. The van der Waals surface area contributed by atoms with Gasteiger partial charge in [0, 0.05) is 20.0 Å². The molecule has 0 aliphatic heterocycles. The van der Waals surface area contributed by atoms with Crippen molar-refractivity contribution in [3.63, 3.8) is 0 Å². The summed E-state index contributed by atoms with van der Waals surface area (Å²) in [7, 11) is 1.66. The molecule has 7 nitrogen and oxygen atoms in total. The number of carbonyl (C=O) groups excluding carboxylic acids is 1. The first kappa shape index (κ1) is 38.1. The maximum atomic E-state index is 12.6. The maximum Gasteiger partial charge on any atom is 0.306 e. The van der Waals surface area contributed by atoms with E-state index in [0.29, 0.717) is 24.3 Å². The molecule has 1 aromatic carbocycles. The molecule has 0 aromatic heterocycles. The number of nitrogens with one attached hydrogen (secondary N) is 2. The van der Waals surface area contributed by atoms with E-state index in [4.69, 9.17) is 4.74 Å². The van der Waals surface area contributed by atoms with Gasteiger partial charge in [0.1, 0.15) is 17.5 Å². The zero-order valence-electron chi connectivity index (χ0n) is 27.8. The monoisotopic (exact) mass is 591 g/mol. The SMILES string of the molecule is CCCCCCCCC(CCCCCCCC)OC(=O)CCCCCCCN(CC)CCCNc1c(NC)c(=O)c1=O. The van der Waals surface area contributed by atoms with E-state index in [0.717, 1.165) is 64.6 Å². The number of hydrogen-bond donors (Lipinski definition) is 2. The van der Waals surface area contributed by atoms with Gasteiger partial charge in [0.25, 0.3) is 10.9 Å². The molecule has 0 radical (unpaired) electrons.